The van der Waals surface area contributed by atoms with Crippen molar-refractivity contribution in [2.24, 2.45) is 38.9 Å². The molecule has 3 aromatic rings. The first-order valence-corrected chi connectivity index (χ1v) is 24.2. The second kappa shape index (κ2) is 13.1. The van der Waals surface area contributed by atoms with Gasteiger partial charge in [-0.1, -0.05) is 0 Å². The van der Waals surface area contributed by atoms with E-state index >= 15 is 0 Å². The quantitative estimate of drug-likeness (QED) is 0.197. The van der Waals surface area contributed by atoms with Gasteiger partial charge >= 0.3 is 330 Å². The van der Waals surface area contributed by atoms with E-state index in [2.05, 4.69) is 180 Å². The Bertz CT molecular complexity index is 2440. The molecule has 0 aromatic heterocycles. The van der Waals surface area contributed by atoms with E-state index in [0.717, 1.165) is 6.42 Å². The molecule has 1 saturated carbocycles. The van der Waals surface area contributed by atoms with E-state index in [-0.39, 0.29) is 55.0 Å². The van der Waals surface area contributed by atoms with Crippen molar-refractivity contribution >= 4 is 11.6 Å². The molecule has 0 bridgehead atoms. The van der Waals surface area contributed by atoms with E-state index in [1.807, 2.05) is 5.57 Å². The molecule has 6 aliphatic carbocycles. The van der Waals surface area contributed by atoms with Gasteiger partial charge in [0.2, 0.25) is 0 Å². The van der Waals surface area contributed by atoms with Crippen molar-refractivity contribution in [3.8, 4) is 11.1 Å². The van der Waals surface area contributed by atoms with Gasteiger partial charge in [0.15, 0.2) is 0 Å². The van der Waals surface area contributed by atoms with Gasteiger partial charge in [0, 0.05) is 0 Å². The second-order valence-electron chi connectivity index (χ2n) is 20.4. The predicted molar refractivity (Wildman–Crippen MR) is 222 cm³/mol. The summed E-state index contributed by atoms with van der Waals surface area (Å²) in [6.07, 6.45) is 16.5. The zero-order chi connectivity index (χ0) is 37.7. The zero-order valence-corrected chi connectivity index (χ0v) is 39.2. The van der Waals surface area contributed by atoms with E-state index in [1.54, 1.807) is 22.9 Å². The molecule has 55 heavy (non-hydrogen) atoms. The third-order valence-electron chi connectivity index (χ3n) is 17.0. The maximum Gasteiger partial charge on any atom is -1.00 e. The SMILES string of the molecule is CC1C=C(C(C)(C)C)C=[C]1[Zr+2](=[c]1cccc2c1=Cc1ccccc1-2)[C]1(C)C2=C3Cc4ccccc4C3=C3C=CCCC3C2(C)C(C)(C)C(C)(C)C1(C)C.[Cl-].[Cl-]. The van der Waals surface area contributed by atoms with E-state index in [1.165, 1.54) is 51.5 Å². The van der Waals surface area contributed by atoms with E-state index in [9.17, 15) is 0 Å². The van der Waals surface area contributed by atoms with Crippen LogP contribution in [0.15, 0.2) is 117 Å². The van der Waals surface area contributed by atoms with E-state index in [4.69, 9.17) is 0 Å². The molecule has 6 aliphatic rings. The topological polar surface area (TPSA) is 0 Å². The smallest absolute Gasteiger partial charge is 1.00 e. The Hall–Kier alpha value is -2.31. The van der Waals surface area contributed by atoms with Crippen LogP contribution in [0.5, 0.6) is 0 Å². The molecule has 9 rings (SSSR count). The molecular formula is C52H60Cl2Zr. The normalized spacial score (nSPS) is 28.9. The van der Waals surface area contributed by atoms with Crippen LogP contribution in [0.3, 0.4) is 0 Å². The van der Waals surface area contributed by atoms with Gasteiger partial charge in [-0.15, -0.1) is 0 Å². The third kappa shape index (κ3) is 5.07. The number of hydrogen-bond acceptors (Lipinski definition) is 0. The average Bonchev–Trinajstić information content (AvgIpc) is 3.81. The number of benzene rings is 3. The molecule has 286 valence electrons. The van der Waals surface area contributed by atoms with E-state index < -0.39 is 21.3 Å². The Labute approximate surface area is 352 Å². The Morgan fingerprint density at radius 3 is 2.05 bits per heavy atom. The van der Waals surface area contributed by atoms with Gasteiger partial charge in [-0.25, -0.2) is 0 Å². The monoisotopic (exact) mass is 844 g/mol. The van der Waals surface area contributed by atoms with Crippen molar-refractivity contribution in [2.75, 3.05) is 0 Å². The summed E-state index contributed by atoms with van der Waals surface area (Å²) in [5.41, 5.74) is 15.8. The van der Waals surface area contributed by atoms with Gasteiger partial charge in [0.05, 0.1) is 0 Å². The fraction of sp³-hybridized carbons (Fsp3) is 0.442. The minimum Gasteiger partial charge on any atom is -1.00 e. The summed E-state index contributed by atoms with van der Waals surface area (Å²) in [5, 5.41) is 1.52. The first-order chi connectivity index (χ1) is 24.9. The summed E-state index contributed by atoms with van der Waals surface area (Å²) >= 11 is -3.06. The molecular weight excluding hydrogens is 787 g/mol. The second-order valence-corrected chi connectivity index (χ2v) is 27.4. The summed E-state index contributed by atoms with van der Waals surface area (Å²) in [5.74, 6) is 0.936. The molecule has 1 fully saturated rings. The van der Waals surface area contributed by atoms with Crippen LogP contribution in [-0.4, -0.2) is 0 Å². The Morgan fingerprint density at radius 1 is 0.709 bits per heavy atom. The van der Waals surface area contributed by atoms with E-state index in [0.29, 0.717) is 11.8 Å². The molecule has 0 N–H and O–H groups in total. The van der Waals surface area contributed by atoms with Crippen molar-refractivity contribution < 1.29 is 46.1 Å². The van der Waals surface area contributed by atoms with Crippen LogP contribution in [-0.2, 0) is 27.7 Å². The molecule has 0 saturated heterocycles. The molecule has 0 heterocycles. The molecule has 0 amide bonds. The van der Waals surface area contributed by atoms with Crippen LogP contribution >= 0.6 is 0 Å². The minimum atomic E-state index is -3.06. The molecule has 0 nitrogen and oxygen atoms in total. The zero-order valence-electron chi connectivity index (χ0n) is 35.3. The molecule has 0 radical (unpaired) electrons. The van der Waals surface area contributed by atoms with Crippen molar-refractivity contribution in [2.45, 2.75) is 105 Å². The summed E-state index contributed by atoms with van der Waals surface area (Å²) in [6.45, 7) is 31.6. The first-order valence-electron chi connectivity index (χ1n) is 20.5. The van der Waals surface area contributed by atoms with Crippen LogP contribution in [0.2, 0.25) is 3.12 Å². The summed E-state index contributed by atoms with van der Waals surface area (Å²) in [6, 6.07) is 26.1. The van der Waals surface area contributed by atoms with Crippen molar-refractivity contribution in [1.29, 1.82) is 0 Å². The van der Waals surface area contributed by atoms with Crippen LogP contribution in [0.25, 0.3) is 22.8 Å². The van der Waals surface area contributed by atoms with Gasteiger partial charge in [0.1, 0.15) is 0 Å². The molecule has 0 spiro atoms. The number of rotatable bonds is 2. The average molecular weight is 847 g/mol. The fourth-order valence-corrected chi connectivity index (χ4v) is 24.1. The minimum absolute atomic E-state index is 0. The number of halogens is 2. The van der Waals surface area contributed by atoms with Crippen LogP contribution in [0.4, 0.5) is 0 Å². The van der Waals surface area contributed by atoms with Crippen molar-refractivity contribution in [3.63, 3.8) is 0 Å². The van der Waals surface area contributed by atoms with Crippen molar-refractivity contribution in [3.05, 3.63) is 141 Å². The van der Waals surface area contributed by atoms with Crippen LogP contribution in [0.1, 0.15) is 113 Å². The molecule has 4 unspecified atom stereocenters. The third-order valence-corrected chi connectivity index (χ3v) is 26.9. The Kier molecular flexibility index (Phi) is 9.74. The fourth-order valence-electron chi connectivity index (χ4n) is 12.8. The van der Waals surface area contributed by atoms with Gasteiger partial charge < -0.3 is 24.8 Å². The molecule has 0 aliphatic heterocycles. The maximum absolute atomic E-state index is 3.06. The van der Waals surface area contributed by atoms with Crippen LogP contribution in [0, 0.1) is 41.8 Å². The molecule has 3 heteroatoms. The standard InChI is InChI=1S/C29H37.C13H8.C10H15.2ClH.Zr/c1-18-25-22-17-19-13-9-10-14-20(19)24(22)21-15-11-12-16-23(21)29(25,8)28(6,7)27(4,5)26(18,2)3;1-3-7-12-10(5-1)9-11-6-2-4-8-13(11)12;1-8-5-6-9(7-8)10(2,3)4;;;/h9-11,13-15,23H,12,16-17H2,1-8H3;1-5,7-9H;6-8H,1-4H3;2*1H;/q;;;;;+2/p-2. The maximum atomic E-state index is 2.85. The number of allylic oxidation sites excluding steroid dienone is 10. The van der Waals surface area contributed by atoms with Gasteiger partial charge in [0.25, 0.3) is 0 Å². The van der Waals surface area contributed by atoms with Gasteiger partial charge in [-0.2, -0.15) is 0 Å². The summed E-state index contributed by atoms with van der Waals surface area (Å²) in [7, 11) is 0. The Balaban J connectivity index is 0.00000233. The Morgan fingerprint density at radius 2 is 1.36 bits per heavy atom. The summed E-state index contributed by atoms with van der Waals surface area (Å²) < 4.78 is 3.49. The van der Waals surface area contributed by atoms with Gasteiger partial charge in [-0.3, -0.25) is 0 Å². The van der Waals surface area contributed by atoms with Crippen molar-refractivity contribution in [1.82, 2.24) is 0 Å². The molecule has 3 aromatic carbocycles. The summed E-state index contributed by atoms with van der Waals surface area (Å²) in [4.78, 5) is 0. The first kappa shape index (κ1) is 40.9. The predicted octanol–water partition coefficient (Wildman–Crippen LogP) is 7.44. The molecule has 4 atom stereocenters. The van der Waals surface area contributed by atoms with Gasteiger partial charge in [-0.05, 0) is 0 Å². The number of fused-ring (bicyclic) bond motifs is 9. The number of hydrogen-bond donors (Lipinski definition) is 0. The largest absolute Gasteiger partial charge is 1.00 e. The van der Waals surface area contributed by atoms with Crippen LogP contribution < -0.4 is 30.0 Å².